The summed E-state index contributed by atoms with van der Waals surface area (Å²) >= 11 is 0. The van der Waals surface area contributed by atoms with Gasteiger partial charge in [-0.3, -0.25) is 10.3 Å². The number of nitrogens with zero attached hydrogens (tertiary/aromatic N) is 2. The molecule has 4 N–H and O–H groups in total. The topological polar surface area (TPSA) is 84.0 Å². The van der Waals surface area contributed by atoms with Crippen LogP contribution in [0.5, 0.6) is 5.75 Å². The molecule has 1 heterocycles. The second-order valence-electron chi connectivity index (χ2n) is 14.5. The monoisotopic (exact) mass is 757 g/mol. The van der Waals surface area contributed by atoms with E-state index in [1.165, 1.54) is 44.1 Å². The van der Waals surface area contributed by atoms with Crippen LogP contribution >= 0.6 is 6.91 Å². The Morgan fingerprint density at radius 1 is 0.600 bits per heavy atom. The first kappa shape index (κ1) is 39.7. The summed E-state index contributed by atoms with van der Waals surface area (Å²) in [5.74, 6) is 1.85. The summed E-state index contributed by atoms with van der Waals surface area (Å²) in [4.78, 5) is 9.17. The molecular formula is C47H57FN5OP. The Morgan fingerprint density at radius 2 is 1.07 bits per heavy atom. The summed E-state index contributed by atoms with van der Waals surface area (Å²) in [6.07, 6.45) is 12.5. The quantitative estimate of drug-likeness (QED) is 0.0515. The molecule has 0 aliphatic carbocycles. The van der Waals surface area contributed by atoms with Crippen LogP contribution < -0.4 is 37.0 Å². The number of unbranched alkanes of at least 4 members (excludes halogenated alkanes) is 9. The molecule has 288 valence electrons. The Morgan fingerprint density at radius 3 is 1.60 bits per heavy atom. The zero-order valence-electron chi connectivity index (χ0n) is 32.0. The molecule has 8 heteroatoms. The summed E-state index contributed by atoms with van der Waals surface area (Å²) in [6.45, 7) is -2.75. The van der Waals surface area contributed by atoms with E-state index >= 15 is 4.20 Å². The number of nitrogens with two attached hydrogens (primary N) is 1. The van der Waals surface area contributed by atoms with Gasteiger partial charge in [0.15, 0.2) is 18.1 Å². The van der Waals surface area contributed by atoms with Crippen molar-refractivity contribution in [3.05, 3.63) is 157 Å². The molecular weight excluding hydrogens is 701 g/mol. The van der Waals surface area contributed by atoms with Gasteiger partial charge in [0.05, 0.1) is 0 Å². The smallest absolute Gasteiger partial charge is 0.200 e. The molecule has 0 spiro atoms. The fourth-order valence-electron chi connectivity index (χ4n) is 7.59. The Labute approximate surface area is 327 Å². The van der Waals surface area contributed by atoms with E-state index < -0.39 is 6.91 Å². The summed E-state index contributed by atoms with van der Waals surface area (Å²) in [7, 11) is 0. The van der Waals surface area contributed by atoms with Crippen LogP contribution in [-0.4, -0.2) is 31.2 Å². The molecule has 1 unspecified atom stereocenters. The van der Waals surface area contributed by atoms with E-state index in [2.05, 4.69) is 32.8 Å². The molecule has 6 nitrogen and oxygen atoms in total. The van der Waals surface area contributed by atoms with Crippen LogP contribution in [-0.2, 0) is 6.42 Å². The molecule has 0 bridgehead atoms. The van der Waals surface area contributed by atoms with E-state index in [9.17, 15) is 0 Å². The van der Waals surface area contributed by atoms with Crippen molar-refractivity contribution in [3.63, 3.8) is 0 Å². The van der Waals surface area contributed by atoms with Gasteiger partial charge < -0.3 is 15.8 Å². The van der Waals surface area contributed by atoms with Crippen LogP contribution in [0.25, 0.3) is 0 Å². The maximum absolute atomic E-state index is 18.6. The van der Waals surface area contributed by atoms with E-state index in [-0.39, 0.29) is 6.17 Å². The number of halogens is 1. The van der Waals surface area contributed by atoms with Crippen LogP contribution in [0.15, 0.2) is 156 Å². The second-order valence-corrected chi connectivity index (χ2v) is 18.9. The van der Waals surface area contributed by atoms with Crippen molar-refractivity contribution in [1.82, 2.24) is 10.6 Å². The molecule has 55 heavy (non-hydrogen) atoms. The summed E-state index contributed by atoms with van der Waals surface area (Å²) in [5.41, 5.74) is 8.32. The maximum Gasteiger partial charge on any atom is 0.200 e. The number of hydrogen-bond donors (Lipinski definition) is 3. The largest absolute Gasteiger partial charge is 0.330 e. The SMILES string of the molecule is NC1=NC(c2ccc(OCCCCCCCCCCCCP(F)(c3ccccc3)(c3ccccc3)c3ccccc3)cc2)NC(=NCCc2ccccc2)N1. The van der Waals surface area contributed by atoms with E-state index in [0.717, 1.165) is 59.3 Å². The molecule has 0 amide bonds. The van der Waals surface area contributed by atoms with Crippen LogP contribution in [0.4, 0.5) is 4.20 Å². The van der Waals surface area contributed by atoms with Crippen molar-refractivity contribution < 1.29 is 8.93 Å². The van der Waals surface area contributed by atoms with E-state index in [0.29, 0.717) is 31.2 Å². The molecule has 0 fully saturated rings. The molecule has 6 rings (SSSR count). The number of benzene rings is 5. The average Bonchev–Trinajstić information content (AvgIpc) is 3.24. The predicted molar refractivity (Wildman–Crippen MR) is 232 cm³/mol. The molecule has 1 aliphatic rings. The molecule has 1 aliphatic heterocycles. The van der Waals surface area contributed by atoms with Gasteiger partial charge in [-0.1, -0.05) is 42.5 Å². The van der Waals surface area contributed by atoms with Crippen LogP contribution in [0.3, 0.4) is 0 Å². The molecule has 5 aromatic carbocycles. The van der Waals surface area contributed by atoms with Crippen molar-refractivity contribution in [2.45, 2.75) is 76.8 Å². The molecule has 5 aromatic rings. The zero-order valence-corrected chi connectivity index (χ0v) is 32.9. The van der Waals surface area contributed by atoms with Crippen LogP contribution in [0.1, 0.15) is 81.5 Å². The number of guanidine groups is 2. The zero-order chi connectivity index (χ0) is 38.0. The minimum atomic E-state index is -4.11. The summed E-state index contributed by atoms with van der Waals surface area (Å²) in [6, 6.07) is 48.2. The van der Waals surface area contributed by atoms with Gasteiger partial charge in [0, 0.05) is 6.54 Å². The average molecular weight is 758 g/mol. The summed E-state index contributed by atoms with van der Waals surface area (Å²) in [5, 5.41) is 8.86. The molecule has 1 atom stereocenters. The predicted octanol–water partition coefficient (Wildman–Crippen LogP) is 9.49. The first-order valence-electron chi connectivity index (χ1n) is 20.1. The fourth-order valence-corrected chi connectivity index (χ4v) is 12.5. The molecule has 0 saturated heterocycles. The van der Waals surface area contributed by atoms with Gasteiger partial charge in [0.25, 0.3) is 0 Å². The van der Waals surface area contributed by atoms with Crippen molar-refractivity contribution in [3.8, 4) is 5.75 Å². The van der Waals surface area contributed by atoms with Gasteiger partial charge >= 0.3 is 195 Å². The third-order valence-corrected chi connectivity index (χ3v) is 15.9. The maximum atomic E-state index is 18.6. The minimum absolute atomic E-state index is 0.298. The van der Waals surface area contributed by atoms with Crippen molar-refractivity contribution in [2.24, 2.45) is 15.7 Å². The Balaban J connectivity index is 0.856. The standard InChI is InChI=1S/C47H57FN5OP/c48-55(42-25-15-10-16-26-42,43-27-17-11-18-28-43,44-29-19-12-20-30-44)38-22-8-6-4-2-1-3-5-7-21-37-54-41-33-31-40(32-34-41)45-51-46(49)53-47(52-45)50-36-35-39-23-13-9-14-24-39/h9-20,23-34,45H,1-8,21-22,35-38H2,(H4,49,50,51,52,53). The minimum Gasteiger partial charge on any atom is -0.330 e. The first-order chi connectivity index (χ1) is 27.0. The van der Waals surface area contributed by atoms with Crippen molar-refractivity contribution in [2.75, 3.05) is 19.3 Å². The van der Waals surface area contributed by atoms with Crippen LogP contribution in [0, 0.1) is 0 Å². The summed E-state index contributed by atoms with van der Waals surface area (Å²) < 4.78 is 24.6. The molecule has 0 radical (unpaired) electrons. The van der Waals surface area contributed by atoms with E-state index in [1.807, 2.05) is 133 Å². The van der Waals surface area contributed by atoms with Gasteiger partial charge in [-0.15, -0.1) is 0 Å². The van der Waals surface area contributed by atoms with Gasteiger partial charge in [-0.05, 0) is 29.7 Å². The van der Waals surface area contributed by atoms with Gasteiger partial charge in [0.1, 0.15) is 5.75 Å². The molecule has 0 aromatic heterocycles. The first-order valence-corrected chi connectivity index (χ1v) is 22.4. The second kappa shape index (κ2) is 20.1. The van der Waals surface area contributed by atoms with Crippen molar-refractivity contribution >= 4 is 34.7 Å². The van der Waals surface area contributed by atoms with Gasteiger partial charge in [-0.25, -0.2) is 4.99 Å². The number of aliphatic imine (C=N–C) groups is 2. The Bertz CT molecular complexity index is 1830. The Hall–Kier alpha value is -5.00. The van der Waals surface area contributed by atoms with Gasteiger partial charge in [0.2, 0.25) is 0 Å². The van der Waals surface area contributed by atoms with Crippen LogP contribution in [0.2, 0.25) is 0 Å². The number of ether oxygens (including phenoxy) is 1. The normalized spacial score (nSPS) is 15.7. The number of rotatable bonds is 21. The van der Waals surface area contributed by atoms with Crippen molar-refractivity contribution in [1.29, 1.82) is 0 Å². The number of nitrogens with one attached hydrogen (secondary N) is 2. The third-order valence-electron chi connectivity index (χ3n) is 10.6. The van der Waals surface area contributed by atoms with E-state index in [4.69, 9.17) is 10.5 Å². The van der Waals surface area contributed by atoms with E-state index in [1.54, 1.807) is 0 Å². The number of hydrogen-bond acceptors (Lipinski definition) is 4. The molecule has 0 saturated carbocycles. The third kappa shape index (κ3) is 10.6. The Kier molecular flexibility index (Phi) is 14.5. The van der Waals surface area contributed by atoms with Gasteiger partial charge in [-0.2, -0.15) is 0 Å². The fraction of sp³-hybridized carbons (Fsp3) is 0.319.